The molecule has 1 aliphatic heterocycles. The maximum absolute atomic E-state index is 6.01. The van der Waals surface area contributed by atoms with Crippen molar-refractivity contribution < 1.29 is 0 Å². The van der Waals surface area contributed by atoms with Gasteiger partial charge in [-0.05, 0) is 59.2 Å². The Morgan fingerprint density at radius 2 is 2.13 bits per heavy atom. The van der Waals surface area contributed by atoms with Gasteiger partial charge in [0.1, 0.15) is 0 Å². The monoisotopic (exact) mass is 434 g/mol. The maximum atomic E-state index is 6.01. The second kappa shape index (κ2) is 8.32. The van der Waals surface area contributed by atoms with Gasteiger partial charge in [-0.1, -0.05) is 0 Å². The van der Waals surface area contributed by atoms with Crippen molar-refractivity contribution >= 4 is 29.9 Å². The van der Waals surface area contributed by atoms with Gasteiger partial charge in [0.2, 0.25) is 0 Å². The number of hydrogen-bond acceptors (Lipinski definition) is 3. The molecule has 3 N–H and O–H groups in total. The number of aryl methyl sites for hydroxylation is 1. The number of aliphatic imine (C=N–C) groups is 1. The molecule has 1 saturated heterocycles. The number of halogens is 1. The highest BCUT2D eigenvalue weighted by molar-refractivity contribution is 14.0. The summed E-state index contributed by atoms with van der Waals surface area (Å²) < 4.78 is 1.97. The van der Waals surface area contributed by atoms with E-state index in [4.69, 9.17) is 5.73 Å². The van der Waals surface area contributed by atoms with Gasteiger partial charge in [0.25, 0.3) is 0 Å². The lowest BCUT2D eigenvalue weighted by Crippen LogP contribution is -2.45. The van der Waals surface area contributed by atoms with Crippen LogP contribution in [0.2, 0.25) is 0 Å². The van der Waals surface area contributed by atoms with Gasteiger partial charge in [-0.3, -0.25) is 14.6 Å². The molecule has 0 aliphatic carbocycles. The largest absolute Gasteiger partial charge is 0.370 e. The molecule has 0 radical (unpaired) electrons. The van der Waals surface area contributed by atoms with Crippen LogP contribution in [0, 0.1) is 5.92 Å². The summed E-state index contributed by atoms with van der Waals surface area (Å²) in [5, 5.41) is 7.55. The Morgan fingerprint density at radius 3 is 2.70 bits per heavy atom. The van der Waals surface area contributed by atoms with Gasteiger partial charge >= 0.3 is 0 Å². The topological polar surface area (TPSA) is 71.5 Å². The Labute approximate surface area is 156 Å². The minimum atomic E-state index is -0.0572. The SMILES string of the molecule is CN1CCC[C@@H](CN=C(N)NC(C)(C)C)[C@@H]1c1ccnn1C.I. The summed E-state index contributed by atoms with van der Waals surface area (Å²) in [6.07, 6.45) is 4.25. The smallest absolute Gasteiger partial charge is 0.188 e. The van der Waals surface area contributed by atoms with Gasteiger partial charge in [0.05, 0.1) is 11.7 Å². The highest BCUT2D eigenvalue weighted by Crippen LogP contribution is 2.34. The lowest BCUT2D eigenvalue weighted by molar-refractivity contribution is 0.119. The summed E-state index contributed by atoms with van der Waals surface area (Å²) >= 11 is 0. The van der Waals surface area contributed by atoms with Gasteiger partial charge in [-0.2, -0.15) is 5.10 Å². The van der Waals surface area contributed by atoms with E-state index in [1.54, 1.807) is 0 Å². The second-order valence-corrected chi connectivity index (χ2v) is 7.31. The van der Waals surface area contributed by atoms with Crippen LogP contribution in [-0.4, -0.2) is 46.3 Å². The zero-order valence-corrected chi connectivity index (χ0v) is 17.2. The van der Waals surface area contributed by atoms with E-state index >= 15 is 0 Å². The van der Waals surface area contributed by atoms with Crippen LogP contribution >= 0.6 is 24.0 Å². The number of aromatic nitrogens is 2. The van der Waals surface area contributed by atoms with E-state index in [-0.39, 0.29) is 29.5 Å². The number of nitrogens with two attached hydrogens (primary N) is 1. The van der Waals surface area contributed by atoms with Crippen molar-refractivity contribution in [3.63, 3.8) is 0 Å². The first-order valence-corrected chi connectivity index (χ1v) is 8.04. The van der Waals surface area contributed by atoms with E-state index in [2.05, 4.69) is 54.2 Å². The van der Waals surface area contributed by atoms with Crippen molar-refractivity contribution in [1.82, 2.24) is 20.0 Å². The molecule has 1 aromatic heterocycles. The minimum absolute atomic E-state index is 0. The lowest BCUT2D eigenvalue weighted by atomic mass is 9.87. The molecule has 2 heterocycles. The van der Waals surface area contributed by atoms with E-state index in [1.165, 1.54) is 18.5 Å². The predicted octanol–water partition coefficient (Wildman–Crippen LogP) is 2.12. The van der Waals surface area contributed by atoms with Gasteiger partial charge < -0.3 is 11.1 Å². The number of hydrogen-bond donors (Lipinski definition) is 2. The highest BCUT2D eigenvalue weighted by Gasteiger charge is 2.32. The van der Waals surface area contributed by atoms with Crippen LogP contribution < -0.4 is 11.1 Å². The van der Waals surface area contributed by atoms with Crippen molar-refractivity contribution in [1.29, 1.82) is 0 Å². The summed E-state index contributed by atoms with van der Waals surface area (Å²) in [6.45, 7) is 8.12. The molecule has 0 saturated carbocycles. The Morgan fingerprint density at radius 1 is 1.43 bits per heavy atom. The van der Waals surface area contributed by atoms with E-state index in [0.717, 1.165) is 13.1 Å². The van der Waals surface area contributed by atoms with Crippen molar-refractivity contribution in [3.8, 4) is 0 Å². The summed E-state index contributed by atoms with van der Waals surface area (Å²) in [6, 6.07) is 2.47. The van der Waals surface area contributed by atoms with E-state index in [0.29, 0.717) is 17.9 Å². The van der Waals surface area contributed by atoms with Crippen LogP contribution in [0.4, 0.5) is 0 Å². The number of rotatable bonds is 3. The predicted molar refractivity (Wildman–Crippen MR) is 106 cm³/mol. The maximum Gasteiger partial charge on any atom is 0.188 e. The Hall–Kier alpha value is -0.830. The zero-order chi connectivity index (χ0) is 16.3. The Balaban J connectivity index is 0.00000264. The van der Waals surface area contributed by atoms with Gasteiger partial charge in [0.15, 0.2) is 5.96 Å². The molecule has 7 heteroatoms. The number of likely N-dealkylation sites (tertiary alicyclic amines) is 1. The van der Waals surface area contributed by atoms with E-state index in [9.17, 15) is 0 Å². The normalized spacial score (nSPS) is 23.4. The van der Waals surface area contributed by atoms with Crippen LogP contribution in [0.1, 0.15) is 45.3 Å². The molecule has 1 fully saturated rings. The van der Waals surface area contributed by atoms with Crippen LogP contribution in [-0.2, 0) is 7.05 Å². The molecule has 2 atom stereocenters. The van der Waals surface area contributed by atoms with Crippen molar-refractivity contribution in [3.05, 3.63) is 18.0 Å². The van der Waals surface area contributed by atoms with Crippen molar-refractivity contribution in [2.75, 3.05) is 20.1 Å². The fraction of sp³-hybridized carbons (Fsp3) is 0.750. The van der Waals surface area contributed by atoms with Crippen LogP contribution in [0.25, 0.3) is 0 Å². The minimum Gasteiger partial charge on any atom is -0.370 e. The van der Waals surface area contributed by atoms with Crippen molar-refractivity contribution in [2.24, 2.45) is 23.7 Å². The molecule has 0 bridgehead atoms. The number of guanidine groups is 1. The van der Waals surface area contributed by atoms with Crippen LogP contribution in [0.15, 0.2) is 17.3 Å². The first-order chi connectivity index (χ1) is 10.3. The zero-order valence-electron chi connectivity index (χ0n) is 14.9. The third-order valence-corrected chi connectivity index (χ3v) is 4.17. The average Bonchev–Trinajstić information content (AvgIpc) is 2.80. The molecular formula is C16H31IN6. The van der Waals surface area contributed by atoms with Crippen LogP contribution in [0.5, 0.6) is 0 Å². The average molecular weight is 434 g/mol. The quantitative estimate of drug-likeness (QED) is 0.435. The molecule has 132 valence electrons. The first-order valence-electron chi connectivity index (χ1n) is 8.04. The summed E-state index contributed by atoms with van der Waals surface area (Å²) in [5.41, 5.74) is 7.21. The fourth-order valence-electron chi connectivity index (χ4n) is 3.23. The lowest BCUT2D eigenvalue weighted by Gasteiger charge is -2.38. The summed E-state index contributed by atoms with van der Waals surface area (Å²) in [5.74, 6) is 0.999. The van der Waals surface area contributed by atoms with Gasteiger partial charge in [-0.25, -0.2) is 0 Å². The molecule has 1 aromatic rings. The molecule has 0 aromatic carbocycles. The molecule has 0 spiro atoms. The van der Waals surface area contributed by atoms with E-state index < -0.39 is 0 Å². The standard InChI is InChI=1S/C16H30N6.HI/c1-16(2,3)20-15(17)18-11-12-7-6-10-21(4)14(12)13-8-9-19-22(13)5;/h8-9,12,14H,6-7,10-11H2,1-5H3,(H3,17,18,20);1H/t12-,14+;/m0./s1. The fourth-order valence-corrected chi connectivity index (χ4v) is 3.23. The molecule has 6 nitrogen and oxygen atoms in total. The molecule has 0 amide bonds. The van der Waals surface area contributed by atoms with Gasteiger partial charge in [-0.15, -0.1) is 24.0 Å². The Bertz CT molecular complexity index is 519. The molecule has 1 aliphatic rings. The molecular weight excluding hydrogens is 403 g/mol. The summed E-state index contributed by atoms with van der Waals surface area (Å²) in [4.78, 5) is 7.00. The van der Waals surface area contributed by atoms with E-state index in [1.807, 2.05) is 17.9 Å². The first kappa shape index (κ1) is 20.2. The Kier molecular flexibility index (Phi) is 7.31. The number of nitrogens with one attached hydrogen (secondary N) is 1. The third kappa shape index (κ3) is 5.63. The molecule has 0 unspecified atom stereocenters. The molecule has 2 rings (SSSR count). The summed E-state index contributed by atoms with van der Waals surface area (Å²) in [7, 11) is 4.19. The molecule has 23 heavy (non-hydrogen) atoms. The second-order valence-electron chi connectivity index (χ2n) is 7.31. The van der Waals surface area contributed by atoms with Crippen LogP contribution in [0.3, 0.4) is 0 Å². The van der Waals surface area contributed by atoms with Gasteiger partial charge in [0, 0.05) is 25.3 Å². The number of piperidine rings is 1. The number of nitrogens with zero attached hydrogens (tertiary/aromatic N) is 4. The third-order valence-electron chi connectivity index (χ3n) is 4.17. The van der Waals surface area contributed by atoms with Crippen molar-refractivity contribution in [2.45, 2.75) is 45.2 Å². The highest BCUT2D eigenvalue weighted by atomic mass is 127.